The van der Waals surface area contributed by atoms with Crippen LogP contribution in [0.2, 0.25) is 0 Å². The van der Waals surface area contributed by atoms with E-state index in [4.69, 9.17) is 0 Å². The molecule has 0 saturated heterocycles. The normalized spacial score (nSPS) is 25.4. The van der Waals surface area contributed by atoms with Crippen molar-refractivity contribution in [2.45, 2.75) is 45.1 Å². The van der Waals surface area contributed by atoms with Crippen molar-refractivity contribution in [2.75, 3.05) is 5.32 Å². The highest BCUT2D eigenvalue weighted by Gasteiger charge is 2.19. The molecule has 1 aromatic rings. The first-order chi connectivity index (χ1) is 7.78. The fourth-order valence-corrected chi connectivity index (χ4v) is 2.41. The lowest BCUT2D eigenvalue weighted by Gasteiger charge is -2.28. The molecule has 0 aromatic carbocycles. The van der Waals surface area contributed by atoms with Crippen molar-refractivity contribution in [3.8, 4) is 0 Å². The number of pyridine rings is 1. The molecule has 0 unspecified atom stereocenters. The van der Waals surface area contributed by atoms with Crippen LogP contribution in [0.4, 0.5) is 10.2 Å². The number of nitrogens with zero attached hydrogens (tertiary/aromatic N) is 1. The van der Waals surface area contributed by atoms with Gasteiger partial charge in [-0.25, -0.2) is 4.98 Å². The topological polar surface area (TPSA) is 24.9 Å². The minimum atomic E-state index is -0.410. The third kappa shape index (κ3) is 2.94. The lowest BCUT2D eigenvalue weighted by atomic mass is 9.84. The van der Waals surface area contributed by atoms with Crippen LogP contribution >= 0.6 is 0 Å². The van der Waals surface area contributed by atoms with Crippen molar-refractivity contribution in [1.29, 1.82) is 0 Å². The average molecular weight is 222 g/mol. The average Bonchev–Trinajstić information content (AvgIpc) is 2.30. The number of aromatic nitrogens is 1. The number of nitrogens with one attached hydrogen (secondary N) is 1. The van der Waals surface area contributed by atoms with Gasteiger partial charge in [-0.15, -0.1) is 0 Å². The number of hydrogen-bond acceptors (Lipinski definition) is 2. The SMILES string of the molecule is CCC1CCC(Nc2cccc(F)n2)CC1. The molecule has 16 heavy (non-hydrogen) atoms. The molecule has 0 amide bonds. The summed E-state index contributed by atoms with van der Waals surface area (Å²) < 4.78 is 12.9. The first kappa shape index (κ1) is 11.4. The summed E-state index contributed by atoms with van der Waals surface area (Å²) in [6.07, 6.45) is 6.20. The predicted octanol–water partition coefficient (Wildman–Crippen LogP) is 3.60. The molecule has 1 aliphatic rings. The Morgan fingerprint density at radius 1 is 1.31 bits per heavy atom. The van der Waals surface area contributed by atoms with Gasteiger partial charge in [-0.05, 0) is 43.7 Å². The van der Waals surface area contributed by atoms with Crippen LogP contribution in [0.15, 0.2) is 18.2 Å². The van der Waals surface area contributed by atoms with E-state index in [2.05, 4.69) is 17.2 Å². The third-order valence-corrected chi connectivity index (χ3v) is 3.49. The van der Waals surface area contributed by atoms with E-state index in [0.717, 1.165) is 5.92 Å². The lowest BCUT2D eigenvalue weighted by molar-refractivity contribution is 0.329. The van der Waals surface area contributed by atoms with Gasteiger partial charge in [0, 0.05) is 6.04 Å². The van der Waals surface area contributed by atoms with E-state index in [1.165, 1.54) is 38.2 Å². The van der Waals surface area contributed by atoms with E-state index in [-0.39, 0.29) is 0 Å². The smallest absolute Gasteiger partial charge is 0.214 e. The minimum Gasteiger partial charge on any atom is -0.367 e. The summed E-state index contributed by atoms with van der Waals surface area (Å²) in [4.78, 5) is 3.83. The van der Waals surface area contributed by atoms with Crippen molar-refractivity contribution in [3.63, 3.8) is 0 Å². The van der Waals surface area contributed by atoms with Crippen LogP contribution in [0.5, 0.6) is 0 Å². The molecule has 3 heteroatoms. The van der Waals surface area contributed by atoms with E-state index in [1.54, 1.807) is 6.07 Å². The molecule has 1 N–H and O–H groups in total. The molecule has 0 atom stereocenters. The van der Waals surface area contributed by atoms with Gasteiger partial charge in [0.1, 0.15) is 5.82 Å². The second-order valence-electron chi connectivity index (χ2n) is 4.62. The van der Waals surface area contributed by atoms with Gasteiger partial charge in [-0.1, -0.05) is 19.4 Å². The molecular weight excluding hydrogens is 203 g/mol. The molecule has 1 heterocycles. The molecule has 1 saturated carbocycles. The highest BCUT2D eigenvalue weighted by molar-refractivity contribution is 5.34. The Morgan fingerprint density at radius 3 is 2.69 bits per heavy atom. The molecule has 0 spiro atoms. The van der Waals surface area contributed by atoms with E-state index in [1.807, 2.05) is 6.07 Å². The van der Waals surface area contributed by atoms with Crippen LogP contribution in [0, 0.1) is 11.9 Å². The second kappa shape index (κ2) is 5.28. The Labute approximate surface area is 96.3 Å². The van der Waals surface area contributed by atoms with Gasteiger partial charge >= 0.3 is 0 Å². The Kier molecular flexibility index (Phi) is 3.75. The van der Waals surface area contributed by atoms with Crippen LogP contribution in [-0.4, -0.2) is 11.0 Å². The Morgan fingerprint density at radius 2 is 2.06 bits per heavy atom. The second-order valence-corrected chi connectivity index (χ2v) is 4.62. The van der Waals surface area contributed by atoms with Crippen molar-refractivity contribution in [3.05, 3.63) is 24.1 Å². The first-order valence-electron chi connectivity index (χ1n) is 6.17. The zero-order valence-electron chi connectivity index (χ0n) is 9.75. The summed E-state index contributed by atoms with van der Waals surface area (Å²) in [7, 11) is 0. The standard InChI is InChI=1S/C13H19FN2/c1-2-10-6-8-11(9-7-10)15-13-5-3-4-12(14)16-13/h3-5,10-11H,2,6-9H2,1H3,(H,15,16). The maximum atomic E-state index is 12.9. The van der Waals surface area contributed by atoms with Gasteiger partial charge in [0.15, 0.2) is 0 Å². The monoisotopic (exact) mass is 222 g/mol. The first-order valence-corrected chi connectivity index (χ1v) is 6.17. The van der Waals surface area contributed by atoms with Crippen LogP contribution in [0.25, 0.3) is 0 Å². The maximum absolute atomic E-state index is 12.9. The molecule has 2 nitrogen and oxygen atoms in total. The van der Waals surface area contributed by atoms with Crippen molar-refractivity contribution < 1.29 is 4.39 Å². The largest absolute Gasteiger partial charge is 0.367 e. The number of hydrogen-bond donors (Lipinski definition) is 1. The number of halogens is 1. The Bertz CT molecular complexity index is 332. The molecule has 2 rings (SSSR count). The highest BCUT2D eigenvalue weighted by atomic mass is 19.1. The Hall–Kier alpha value is -1.12. The number of anilines is 1. The van der Waals surface area contributed by atoms with E-state index in [0.29, 0.717) is 11.9 Å². The van der Waals surface area contributed by atoms with E-state index < -0.39 is 5.95 Å². The van der Waals surface area contributed by atoms with Gasteiger partial charge in [-0.3, -0.25) is 0 Å². The molecule has 0 radical (unpaired) electrons. The summed E-state index contributed by atoms with van der Waals surface area (Å²) in [5, 5.41) is 3.32. The quantitative estimate of drug-likeness (QED) is 0.790. The fraction of sp³-hybridized carbons (Fsp3) is 0.615. The van der Waals surface area contributed by atoms with E-state index >= 15 is 0 Å². The van der Waals surface area contributed by atoms with Crippen molar-refractivity contribution in [2.24, 2.45) is 5.92 Å². The van der Waals surface area contributed by atoms with Gasteiger partial charge < -0.3 is 5.32 Å². The molecule has 1 aromatic heterocycles. The minimum absolute atomic E-state index is 0.410. The van der Waals surface area contributed by atoms with Crippen molar-refractivity contribution in [1.82, 2.24) is 4.98 Å². The van der Waals surface area contributed by atoms with Gasteiger partial charge in [0.25, 0.3) is 0 Å². The maximum Gasteiger partial charge on any atom is 0.214 e. The van der Waals surface area contributed by atoms with Crippen molar-refractivity contribution >= 4 is 5.82 Å². The number of rotatable bonds is 3. The van der Waals surface area contributed by atoms with Gasteiger partial charge in [0.2, 0.25) is 5.95 Å². The lowest BCUT2D eigenvalue weighted by Crippen LogP contribution is -2.26. The summed E-state index contributed by atoms with van der Waals surface area (Å²) in [5.41, 5.74) is 0. The molecular formula is C13H19FN2. The zero-order valence-corrected chi connectivity index (χ0v) is 9.75. The van der Waals surface area contributed by atoms with Crippen LogP contribution in [0.3, 0.4) is 0 Å². The summed E-state index contributed by atoms with van der Waals surface area (Å²) in [5.74, 6) is 1.14. The van der Waals surface area contributed by atoms with Gasteiger partial charge in [-0.2, -0.15) is 4.39 Å². The van der Waals surface area contributed by atoms with Crippen LogP contribution < -0.4 is 5.32 Å². The molecule has 0 aliphatic heterocycles. The summed E-state index contributed by atoms with van der Waals surface area (Å²) in [6.45, 7) is 2.26. The van der Waals surface area contributed by atoms with Crippen LogP contribution in [0.1, 0.15) is 39.0 Å². The summed E-state index contributed by atoms with van der Waals surface area (Å²) in [6, 6.07) is 5.37. The Balaban J connectivity index is 1.87. The van der Waals surface area contributed by atoms with E-state index in [9.17, 15) is 4.39 Å². The summed E-state index contributed by atoms with van der Waals surface area (Å²) >= 11 is 0. The third-order valence-electron chi connectivity index (χ3n) is 3.49. The highest BCUT2D eigenvalue weighted by Crippen LogP contribution is 2.28. The molecule has 88 valence electrons. The molecule has 1 aliphatic carbocycles. The molecule has 1 fully saturated rings. The zero-order chi connectivity index (χ0) is 11.4. The van der Waals surface area contributed by atoms with Gasteiger partial charge in [0.05, 0.1) is 0 Å². The molecule has 0 bridgehead atoms. The fourth-order valence-electron chi connectivity index (χ4n) is 2.41. The van der Waals surface area contributed by atoms with Crippen LogP contribution in [-0.2, 0) is 0 Å². The predicted molar refractivity (Wildman–Crippen MR) is 63.9 cm³/mol.